The molecule has 112 valence electrons. The summed E-state index contributed by atoms with van der Waals surface area (Å²) in [5, 5.41) is 7.37. The first kappa shape index (κ1) is 13.9. The summed E-state index contributed by atoms with van der Waals surface area (Å²) >= 11 is 0. The number of amides is 2. The monoisotopic (exact) mass is 298 g/mol. The highest BCUT2D eigenvalue weighted by molar-refractivity contribution is 6.13. The lowest BCUT2D eigenvalue weighted by molar-refractivity contribution is 0.0977. The molecule has 3 rings (SSSR count). The fourth-order valence-corrected chi connectivity index (χ4v) is 2.19. The molecule has 3 N–H and O–H groups in total. The highest BCUT2D eigenvalue weighted by atomic mass is 16.3. The van der Waals surface area contributed by atoms with Crippen LogP contribution in [0.25, 0.3) is 11.0 Å². The van der Waals surface area contributed by atoms with E-state index >= 15 is 0 Å². The molecule has 2 aromatic heterocycles. The van der Waals surface area contributed by atoms with Crippen LogP contribution in [0.5, 0.6) is 0 Å². The SMILES string of the molecule is Cc1cc(C(=O)Nc2c(C(N)=O)oc3ccccc23)nn1C. The molecule has 2 amide bonds. The maximum atomic E-state index is 12.3. The maximum Gasteiger partial charge on any atom is 0.286 e. The third kappa shape index (κ3) is 2.22. The number of nitrogens with zero attached hydrogens (tertiary/aromatic N) is 2. The number of hydrogen-bond donors (Lipinski definition) is 2. The Morgan fingerprint density at radius 2 is 2.05 bits per heavy atom. The van der Waals surface area contributed by atoms with E-state index in [0.717, 1.165) is 5.69 Å². The predicted molar refractivity (Wildman–Crippen MR) is 80.6 cm³/mol. The van der Waals surface area contributed by atoms with Gasteiger partial charge in [-0.1, -0.05) is 12.1 Å². The Morgan fingerprint density at radius 3 is 2.68 bits per heavy atom. The fraction of sp³-hybridized carbons (Fsp3) is 0.133. The Kier molecular flexibility index (Phi) is 3.17. The van der Waals surface area contributed by atoms with Gasteiger partial charge in [0.15, 0.2) is 5.69 Å². The number of rotatable bonds is 3. The number of nitrogens with two attached hydrogens (primary N) is 1. The highest BCUT2D eigenvalue weighted by Crippen LogP contribution is 2.30. The van der Waals surface area contributed by atoms with Crippen molar-refractivity contribution in [3.05, 3.63) is 47.5 Å². The van der Waals surface area contributed by atoms with Gasteiger partial charge in [-0.2, -0.15) is 5.10 Å². The first-order chi connectivity index (χ1) is 10.5. The molecule has 2 heterocycles. The molecular formula is C15H14N4O3. The van der Waals surface area contributed by atoms with Gasteiger partial charge in [-0.3, -0.25) is 14.3 Å². The smallest absolute Gasteiger partial charge is 0.286 e. The van der Waals surface area contributed by atoms with Crippen LogP contribution in [0.2, 0.25) is 0 Å². The Labute approximate surface area is 125 Å². The fourth-order valence-electron chi connectivity index (χ4n) is 2.19. The number of carbonyl (C=O) groups excluding carboxylic acids is 2. The summed E-state index contributed by atoms with van der Waals surface area (Å²) in [7, 11) is 1.74. The van der Waals surface area contributed by atoms with Crippen LogP contribution in [0.3, 0.4) is 0 Å². The number of furan rings is 1. The second kappa shape index (κ2) is 5.03. The van der Waals surface area contributed by atoms with E-state index in [9.17, 15) is 9.59 Å². The highest BCUT2D eigenvalue weighted by Gasteiger charge is 2.21. The number of anilines is 1. The van der Waals surface area contributed by atoms with Crippen LogP contribution < -0.4 is 11.1 Å². The Morgan fingerprint density at radius 1 is 1.32 bits per heavy atom. The molecule has 0 saturated carbocycles. The first-order valence-electron chi connectivity index (χ1n) is 6.60. The van der Waals surface area contributed by atoms with Crippen molar-refractivity contribution in [3.63, 3.8) is 0 Å². The maximum absolute atomic E-state index is 12.3. The van der Waals surface area contributed by atoms with Gasteiger partial charge < -0.3 is 15.5 Å². The second-order valence-electron chi connectivity index (χ2n) is 4.92. The van der Waals surface area contributed by atoms with E-state index in [2.05, 4.69) is 10.4 Å². The number of primary amides is 1. The van der Waals surface area contributed by atoms with Gasteiger partial charge >= 0.3 is 0 Å². The van der Waals surface area contributed by atoms with Gasteiger partial charge in [0.2, 0.25) is 5.76 Å². The molecule has 22 heavy (non-hydrogen) atoms. The molecule has 7 nitrogen and oxygen atoms in total. The molecule has 0 bridgehead atoms. The summed E-state index contributed by atoms with van der Waals surface area (Å²) in [6.45, 7) is 1.84. The minimum absolute atomic E-state index is 0.0813. The van der Waals surface area contributed by atoms with Gasteiger partial charge in [0.1, 0.15) is 11.3 Å². The van der Waals surface area contributed by atoms with E-state index in [1.54, 1.807) is 42.1 Å². The zero-order valence-electron chi connectivity index (χ0n) is 12.1. The number of para-hydroxylation sites is 1. The molecule has 0 aliphatic heterocycles. The minimum atomic E-state index is -0.747. The Balaban J connectivity index is 2.04. The van der Waals surface area contributed by atoms with Crippen LogP contribution in [0.4, 0.5) is 5.69 Å². The lowest BCUT2D eigenvalue weighted by atomic mass is 10.2. The van der Waals surface area contributed by atoms with Crippen LogP contribution in [0.15, 0.2) is 34.7 Å². The molecule has 0 radical (unpaired) electrons. The Hall–Kier alpha value is -3.09. The lowest BCUT2D eigenvalue weighted by Crippen LogP contribution is -2.17. The van der Waals surface area contributed by atoms with E-state index in [4.69, 9.17) is 10.2 Å². The summed E-state index contributed by atoms with van der Waals surface area (Å²) < 4.78 is 7.01. The quantitative estimate of drug-likeness (QED) is 0.769. The van der Waals surface area contributed by atoms with Gasteiger partial charge in [0.25, 0.3) is 11.8 Å². The predicted octanol–water partition coefficient (Wildman–Crippen LogP) is 1.83. The second-order valence-corrected chi connectivity index (χ2v) is 4.92. The normalized spacial score (nSPS) is 10.8. The Bertz CT molecular complexity index is 872. The zero-order valence-corrected chi connectivity index (χ0v) is 12.1. The van der Waals surface area contributed by atoms with Crippen molar-refractivity contribution >= 4 is 28.5 Å². The standard InChI is InChI=1S/C15H14N4O3/c1-8-7-10(18-19(8)2)15(21)17-12-9-5-3-4-6-11(9)22-13(12)14(16)20/h3-7H,1-2H3,(H2,16,20)(H,17,21). The lowest BCUT2D eigenvalue weighted by Gasteiger charge is -2.02. The van der Waals surface area contributed by atoms with Gasteiger partial charge in [0.05, 0.1) is 0 Å². The summed E-state index contributed by atoms with van der Waals surface area (Å²) in [5.74, 6) is -1.26. The average Bonchev–Trinajstić information content (AvgIpc) is 3.01. The van der Waals surface area contributed by atoms with Crippen molar-refractivity contribution in [2.24, 2.45) is 12.8 Å². The van der Waals surface area contributed by atoms with Gasteiger partial charge in [-0.05, 0) is 25.1 Å². The van der Waals surface area contributed by atoms with Crippen molar-refractivity contribution in [2.45, 2.75) is 6.92 Å². The number of aromatic nitrogens is 2. The van der Waals surface area contributed by atoms with E-state index in [0.29, 0.717) is 11.0 Å². The van der Waals surface area contributed by atoms with Gasteiger partial charge in [0, 0.05) is 18.1 Å². The van der Waals surface area contributed by atoms with Crippen LogP contribution in [-0.4, -0.2) is 21.6 Å². The van der Waals surface area contributed by atoms with Crippen LogP contribution >= 0.6 is 0 Å². The van der Waals surface area contributed by atoms with Crippen molar-refractivity contribution in [1.82, 2.24) is 9.78 Å². The van der Waals surface area contributed by atoms with E-state index in [-0.39, 0.29) is 17.1 Å². The third-order valence-corrected chi connectivity index (χ3v) is 3.40. The molecule has 0 fully saturated rings. The van der Waals surface area contributed by atoms with Crippen LogP contribution in [0, 0.1) is 6.92 Å². The minimum Gasteiger partial charge on any atom is -0.449 e. The van der Waals surface area contributed by atoms with Crippen molar-refractivity contribution in [3.8, 4) is 0 Å². The molecule has 0 aliphatic carbocycles. The number of nitrogens with one attached hydrogen (secondary N) is 1. The number of aryl methyl sites for hydroxylation is 2. The van der Waals surface area contributed by atoms with Crippen molar-refractivity contribution in [1.29, 1.82) is 0 Å². The molecule has 0 aliphatic rings. The van der Waals surface area contributed by atoms with E-state index < -0.39 is 11.8 Å². The summed E-state index contributed by atoms with van der Waals surface area (Å²) in [5.41, 5.74) is 7.15. The molecule has 3 aromatic rings. The molecule has 0 saturated heterocycles. The molecular weight excluding hydrogens is 284 g/mol. The molecule has 0 atom stereocenters. The van der Waals surface area contributed by atoms with Crippen LogP contribution in [-0.2, 0) is 7.05 Å². The number of carbonyl (C=O) groups is 2. The summed E-state index contributed by atoms with van der Waals surface area (Å²) in [6.07, 6.45) is 0. The number of fused-ring (bicyclic) bond motifs is 1. The molecule has 0 spiro atoms. The number of benzene rings is 1. The largest absolute Gasteiger partial charge is 0.449 e. The van der Waals surface area contributed by atoms with Crippen molar-refractivity contribution in [2.75, 3.05) is 5.32 Å². The third-order valence-electron chi connectivity index (χ3n) is 3.40. The molecule has 7 heteroatoms. The molecule has 1 aromatic carbocycles. The zero-order chi connectivity index (χ0) is 15.9. The topological polar surface area (TPSA) is 103 Å². The molecule has 0 unspecified atom stereocenters. The summed E-state index contributed by atoms with van der Waals surface area (Å²) in [4.78, 5) is 23.8. The first-order valence-corrected chi connectivity index (χ1v) is 6.60. The van der Waals surface area contributed by atoms with Gasteiger partial charge in [-0.15, -0.1) is 0 Å². The van der Waals surface area contributed by atoms with E-state index in [1.165, 1.54) is 0 Å². The van der Waals surface area contributed by atoms with E-state index in [1.807, 2.05) is 6.92 Å². The average molecular weight is 298 g/mol. The number of hydrogen-bond acceptors (Lipinski definition) is 4. The summed E-state index contributed by atoms with van der Waals surface area (Å²) in [6, 6.07) is 8.64. The van der Waals surface area contributed by atoms with Gasteiger partial charge in [-0.25, -0.2) is 0 Å². The van der Waals surface area contributed by atoms with Crippen molar-refractivity contribution < 1.29 is 14.0 Å². The van der Waals surface area contributed by atoms with Crippen LogP contribution in [0.1, 0.15) is 26.7 Å².